The first-order chi connectivity index (χ1) is 13.1. The highest BCUT2D eigenvalue weighted by Gasteiger charge is 2.23. The van der Waals surface area contributed by atoms with E-state index in [0.717, 1.165) is 19.5 Å². The maximum absolute atomic E-state index is 12.8. The van der Waals surface area contributed by atoms with E-state index < -0.39 is 0 Å². The van der Waals surface area contributed by atoms with Crippen LogP contribution in [0, 0.1) is 0 Å². The van der Waals surface area contributed by atoms with E-state index in [0.29, 0.717) is 18.8 Å². The van der Waals surface area contributed by atoms with Crippen LogP contribution in [0.15, 0.2) is 48.5 Å². The molecule has 2 amide bonds. The molecule has 1 aromatic heterocycles. The summed E-state index contributed by atoms with van der Waals surface area (Å²) in [5, 5.41) is 2.88. The van der Waals surface area contributed by atoms with Gasteiger partial charge in [-0.25, -0.2) is 4.98 Å². The number of para-hydroxylation sites is 1. The third-order valence-corrected chi connectivity index (χ3v) is 4.88. The van der Waals surface area contributed by atoms with E-state index in [9.17, 15) is 9.59 Å². The number of rotatable bonds is 5. The van der Waals surface area contributed by atoms with Crippen LogP contribution < -0.4 is 10.2 Å². The van der Waals surface area contributed by atoms with Gasteiger partial charge in [-0.3, -0.25) is 9.59 Å². The first kappa shape index (κ1) is 18.9. The van der Waals surface area contributed by atoms with E-state index in [1.165, 1.54) is 5.69 Å². The Kier molecular flexibility index (Phi) is 6.06. The molecule has 3 rings (SSSR count). The van der Waals surface area contributed by atoms with Crippen molar-refractivity contribution >= 4 is 17.5 Å². The average Bonchev–Trinajstić information content (AvgIpc) is 2.74. The van der Waals surface area contributed by atoms with Gasteiger partial charge in [0.25, 0.3) is 11.8 Å². The first-order valence-corrected chi connectivity index (χ1v) is 9.45. The Labute approximate surface area is 160 Å². The van der Waals surface area contributed by atoms with Crippen molar-refractivity contribution in [3.63, 3.8) is 0 Å². The van der Waals surface area contributed by atoms with Crippen molar-refractivity contribution in [2.45, 2.75) is 26.3 Å². The maximum Gasteiger partial charge on any atom is 0.272 e. The molecule has 1 fully saturated rings. The van der Waals surface area contributed by atoms with Crippen molar-refractivity contribution in [1.29, 1.82) is 0 Å². The number of nitrogens with zero attached hydrogens (tertiary/aromatic N) is 3. The minimum absolute atomic E-state index is 0.0738. The summed E-state index contributed by atoms with van der Waals surface area (Å²) in [6.45, 7) is 6.79. The Balaban J connectivity index is 1.63. The predicted octanol–water partition coefficient (Wildman–Crippen LogP) is 2.57. The van der Waals surface area contributed by atoms with Gasteiger partial charge in [0.05, 0.1) is 0 Å². The molecule has 142 valence electrons. The second-order valence-corrected chi connectivity index (χ2v) is 6.81. The van der Waals surface area contributed by atoms with Crippen molar-refractivity contribution < 1.29 is 9.59 Å². The van der Waals surface area contributed by atoms with Crippen LogP contribution in [0.3, 0.4) is 0 Å². The Morgan fingerprint density at radius 3 is 2.33 bits per heavy atom. The largest absolute Gasteiger partial charge is 0.368 e. The van der Waals surface area contributed by atoms with Crippen molar-refractivity contribution in [2.24, 2.45) is 0 Å². The second-order valence-electron chi connectivity index (χ2n) is 6.81. The van der Waals surface area contributed by atoms with Crippen LogP contribution in [0.4, 0.5) is 5.69 Å². The fourth-order valence-corrected chi connectivity index (χ4v) is 3.05. The molecular weight excluding hydrogens is 340 g/mol. The number of pyridine rings is 1. The van der Waals surface area contributed by atoms with Gasteiger partial charge >= 0.3 is 0 Å². The minimum atomic E-state index is -0.243. The molecule has 0 radical (unpaired) electrons. The molecule has 0 saturated carbocycles. The van der Waals surface area contributed by atoms with Crippen molar-refractivity contribution in [1.82, 2.24) is 15.2 Å². The van der Waals surface area contributed by atoms with E-state index >= 15 is 0 Å². The minimum Gasteiger partial charge on any atom is -0.368 e. The van der Waals surface area contributed by atoms with Gasteiger partial charge in [0.2, 0.25) is 0 Å². The van der Waals surface area contributed by atoms with Crippen LogP contribution in [0.1, 0.15) is 41.2 Å². The van der Waals surface area contributed by atoms with Crippen LogP contribution >= 0.6 is 0 Å². The van der Waals surface area contributed by atoms with E-state index in [4.69, 9.17) is 0 Å². The summed E-state index contributed by atoms with van der Waals surface area (Å²) in [7, 11) is 0. The third-order valence-electron chi connectivity index (χ3n) is 4.88. The summed E-state index contributed by atoms with van der Waals surface area (Å²) in [5.74, 6) is -0.367. The number of benzene rings is 1. The fourth-order valence-electron chi connectivity index (χ4n) is 3.05. The molecule has 1 N–H and O–H groups in total. The Morgan fingerprint density at radius 1 is 1.00 bits per heavy atom. The van der Waals surface area contributed by atoms with Crippen LogP contribution in [-0.4, -0.2) is 53.9 Å². The molecule has 6 nitrogen and oxygen atoms in total. The van der Waals surface area contributed by atoms with Crippen LogP contribution in [0.5, 0.6) is 0 Å². The number of hydrogen-bond acceptors (Lipinski definition) is 4. The van der Waals surface area contributed by atoms with Gasteiger partial charge in [-0.05, 0) is 37.6 Å². The van der Waals surface area contributed by atoms with Gasteiger partial charge < -0.3 is 15.1 Å². The highest BCUT2D eigenvalue weighted by atomic mass is 16.2. The zero-order valence-corrected chi connectivity index (χ0v) is 15.9. The lowest BCUT2D eigenvalue weighted by Gasteiger charge is -2.36. The topological polar surface area (TPSA) is 65.5 Å². The molecule has 1 saturated heterocycles. The van der Waals surface area contributed by atoms with Crippen LogP contribution in [0.2, 0.25) is 0 Å². The molecule has 1 unspecified atom stereocenters. The number of carbonyl (C=O) groups excluding carboxylic acids is 2. The second kappa shape index (κ2) is 8.66. The van der Waals surface area contributed by atoms with Gasteiger partial charge in [0, 0.05) is 37.9 Å². The smallest absolute Gasteiger partial charge is 0.272 e. The molecule has 2 heterocycles. The number of aromatic nitrogens is 1. The van der Waals surface area contributed by atoms with Crippen molar-refractivity contribution in [2.75, 3.05) is 31.1 Å². The summed E-state index contributed by atoms with van der Waals surface area (Å²) >= 11 is 0. The molecule has 0 aliphatic carbocycles. The highest BCUT2D eigenvalue weighted by Crippen LogP contribution is 2.16. The lowest BCUT2D eigenvalue weighted by atomic mass is 10.2. The average molecular weight is 366 g/mol. The lowest BCUT2D eigenvalue weighted by Crippen LogP contribution is -2.49. The molecule has 2 aromatic rings. The van der Waals surface area contributed by atoms with Gasteiger partial charge in [0.15, 0.2) is 0 Å². The Bertz CT molecular complexity index is 786. The number of anilines is 1. The highest BCUT2D eigenvalue weighted by molar-refractivity contribution is 5.96. The number of amides is 2. The number of carbonyl (C=O) groups is 2. The molecule has 1 atom stereocenters. The summed E-state index contributed by atoms with van der Waals surface area (Å²) in [5.41, 5.74) is 1.77. The van der Waals surface area contributed by atoms with Gasteiger partial charge in [-0.2, -0.15) is 0 Å². The monoisotopic (exact) mass is 366 g/mol. The maximum atomic E-state index is 12.8. The molecule has 0 bridgehead atoms. The Morgan fingerprint density at radius 2 is 1.67 bits per heavy atom. The molecule has 6 heteroatoms. The molecule has 27 heavy (non-hydrogen) atoms. The van der Waals surface area contributed by atoms with Crippen LogP contribution in [0.25, 0.3) is 0 Å². The molecule has 1 aliphatic rings. The normalized spacial score (nSPS) is 15.3. The van der Waals surface area contributed by atoms with Crippen molar-refractivity contribution in [3.8, 4) is 0 Å². The number of hydrogen-bond donors (Lipinski definition) is 1. The standard InChI is InChI=1S/C21H26N4O2/c1-3-16(2)22-20(26)18-10-7-11-19(23-18)21(27)25-14-12-24(13-15-25)17-8-5-4-6-9-17/h4-11,16H,3,12-15H2,1-2H3,(H,22,26). The van der Waals surface area contributed by atoms with E-state index in [-0.39, 0.29) is 23.6 Å². The van der Waals surface area contributed by atoms with E-state index in [1.807, 2.05) is 32.0 Å². The summed E-state index contributed by atoms with van der Waals surface area (Å²) in [6.07, 6.45) is 0.843. The molecule has 0 spiro atoms. The molecule has 1 aliphatic heterocycles. The number of piperazine rings is 1. The fraction of sp³-hybridized carbons (Fsp3) is 0.381. The van der Waals surface area contributed by atoms with E-state index in [2.05, 4.69) is 27.3 Å². The summed E-state index contributed by atoms with van der Waals surface area (Å²) < 4.78 is 0. The van der Waals surface area contributed by atoms with Gasteiger partial charge in [-0.15, -0.1) is 0 Å². The van der Waals surface area contributed by atoms with Crippen LogP contribution in [-0.2, 0) is 0 Å². The summed E-state index contributed by atoms with van der Waals surface area (Å²) in [4.78, 5) is 33.4. The molecule has 1 aromatic carbocycles. The van der Waals surface area contributed by atoms with E-state index in [1.54, 1.807) is 23.1 Å². The lowest BCUT2D eigenvalue weighted by molar-refractivity contribution is 0.0740. The molecular formula is C21H26N4O2. The number of nitrogens with one attached hydrogen (secondary N) is 1. The summed E-state index contributed by atoms with van der Waals surface area (Å²) in [6, 6.07) is 15.3. The van der Waals surface area contributed by atoms with Gasteiger partial charge in [0.1, 0.15) is 11.4 Å². The first-order valence-electron chi connectivity index (χ1n) is 9.45. The SMILES string of the molecule is CCC(C)NC(=O)c1cccc(C(=O)N2CCN(c3ccccc3)CC2)n1. The quantitative estimate of drug-likeness (QED) is 0.883. The Hall–Kier alpha value is -2.89. The zero-order chi connectivity index (χ0) is 19.2. The third kappa shape index (κ3) is 4.64. The zero-order valence-electron chi connectivity index (χ0n) is 15.9. The van der Waals surface area contributed by atoms with Gasteiger partial charge in [-0.1, -0.05) is 31.2 Å². The predicted molar refractivity (Wildman–Crippen MR) is 106 cm³/mol. The van der Waals surface area contributed by atoms with Crippen molar-refractivity contribution in [3.05, 3.63) is 59.9 Å².